The van der Waals surface area contributed by atoms with Crippen LogP contribution in [-0.4, -0.2) is 41.4 Å². The normalized spacial score (nSPS) is 10.6. The minimum absolute atomic E-state index is 0.182. The number of para-hydroxylation sites is 1. The fraction of sp³-hybridized carbons (Fsp3) is 0.190. The molecule has 1 heterocycles. The topological polar surface area (TPSA) is 93.6 Å². The predicted molar refractivity (Wildman–Crippen MR) is 111 cm³/mol. The van der Waals surface area contributed by atoms with Gasteiger partial charge in [0.05, 0.1) is 17.9 Å². The SMILES string of the molecule is COCCOc1ccc(Sc2nc(C)cc(Nc3ccccc3C(=O)O)n2)cc1. The summed E-state index contributed by atoms with van der Waals surface area (Å²) >= 11 is 1.42. The second kappa shape index (κ2) is 9.90. The molecule has 2 aromatic carbocycles. The first-order chi connectivity index (χ1) is 14.0. The first kappa shape index (κ1) is 20.6. The number of carboxylic acid groups (broad SMARTS) is 1. The average Bonchev–Trinajstić information content (AvgIpc) is 2.69. The minimum atomic E-state index is -0.999. The number of methoxy groups -OCH3 is 1. The maximum Gasteiger partial charge on any atom is 0.337 e. The third-order valence-corrected chi connectivity index (χ3v) is 4.72. The Labute approximate surface area is 173 Å². The van der Waals surface area contributed by atoms with Crippen LogP contribution in [0.3, 0.4) is 0 Å². The summed E-state index contributed by atoms with van der Waals surface area (Å²) in [5.41, 5.74) is 1.44. The molecule has 2 N–H and O–H groups in total. The van der Waals surface area contributed by atoms with Crippen LogP contribution < -0.4 is 10.1 Å². The lowest BCUT2D eigenvalue weighted by Gasteiger charge is -2.11. The number of rotatable bonds is 9. The number of nitrogens with zero attached hydrogens (tertiary/aromatic N) is 2. The van der Waals surface area contributed by atoms with Crippen molar-refractivity contribution < 1.29 is 19.4 Å². The lowest BCUT2D eigenvalue weighted by Crippen LogP contribution is -2.04. The number of anilines is 2. The molecule has 3 rings (SSSR count). The predicted octanol–water partition coefficient (Wildman–Crippen LogP) is 4.40. The van der Waals surface area contributed by atoms with Crippen molar-refractivity contribution in [2.75, 3.05) is 25.6 Å². The van der Waals surface area contributed by atoms with Gasteiger partial charge in [0.1, 0.15) is 18.2 Å². The molecule has 8 heteroatoms. The molecule has 0 radical (unpaired) electrons. The number of aromatic nitrogens is 2. The van der Waals surface area contributed by atoms with Crippen molar-refractivity contribution in [1.82, 2.24) is 9.97 Å². The maximum atomic E-state index is 11.4. The van der Waals surface area contributed by atoms with E-state index in [9.17, 15) is 9.90 Å². The largest absolute Gasteiger partial charge is 0.491 e. The van der Waals surface area contributed by atoms with E-state index in [1.165, 1.54) is 11.8 Å². The number of nitrogens with one attached hydrogen (secondary N) is 1. The van der Waals surface area contributed by atoms with Gasteiger partial charge in [-0.2, -0.15) is 0 Å². The van der Waals surface area contributed by atoms with E-state index in [0.29, 0.717) is 29.9 Å². The number of hydrogen-bond donors (Lipinski definition) is 2. The molecule has 0 aliphatic rings. The molecule has 0 spiro atoms. The van der Waals surface area contributed by atoms with Crippen LogP contribution in [0.2, 0.25) is 0 Å². The molecule has 0 aliphatic heterocycles. The van der Waals surface area contributed by atoms with Crippen LogP contribution in [0.15, 0.2) is 64.6 Å². The molecule has 0 atom stereocenters. The van der Waals surface area contributed by atoms with Crippen LogP contribution in [0.1, 0.15) is 16.1 Å². The number of ether oxygens (including phenoxy) is 2. The Bertz CT molecular complexity index is 980. The van der Waals surface area contributed by atoms with E-state index in [0.717, 1.165) is 16.3 Å². The highest BCUT2D eigenvalue weighted by Crippen LogP contribution is 2.28. The Morgan fingerprint density at radius 3 is 2.59 bits per heavy atom. The smallest absolute Gasteiger partial charge is 0.337 e. The van der Waals surface area contributed by atoms with Gasteiger partial charge in [-0.15, -0.1) is 0 Å². The van der Waals surface area contributed by atoms with Gasteiger partial charge in [-0.3, -0.25) is 0 Å². The number of aromatic carboxylic acids is 1. The summed E-state index contributed by atoms with van der Waals surface area (Å²) in [5, 5.41) is 13.0. The van der Waals surface area contributed by atoms with Gasteiger partial charge >= 0.3 is 5.97 Å². The van der Waals surface area contributed by atoms with Gasteiger partial charge < -0.3 is 19.9 Å². The Kier molecular flexibility index (Phi) is 7.04. The fourth-order valence-corrected chi connectivity index (χ4v) is 3.34. The third-order valence-electron chi connectivity index (χ3n) is 3.84. The first-order valence-corrected chi connectivity index (χ1v) is 9.71. The zero-order valence-electron chi connectivity index (χ0n) is 16.1. The highest BCUT2D eigenvalue weighted by molar-refractivity contribution is 7.99. The molecular weight excluding hydrogens is 390 g/mol. The van der Waals surface area contributed by atoms with E-state index < -0.39 is 5.97 Å². The molecule has 1 aromatic heterocycles. The van der Waals surface area contributed by atoms with Crippen LogP contribution in [0.4, 0.5) is 11.5 Å². The van der Waals surface area contributed by atoms with Gasteiger partial charge in [-0.1, -0.05) is 12.1 Å². The number of carboxylic acids is 1. The number of benzene rings is 2. The van der Waals surface area contributed by atoms with Crippen molar-refractivity contribution in [2.24, 2.45) is 0 Å². The summed E-state index contributed by atoms with van der Waals surface area (Å²) in [6.07, 6.45) is 0. The van der Waals surface area contributed by atoms with Crippen molar-refractivity contribution in [3.05, 3.63) is 65.9 Å². The Morgan fingerprint density at radius 1 is 1.10 bits per heavy atom. The van der Waals surface area contributed by atoms with Crippen LogP contribution in [0.5, 0.6) is 5.75 Å². The lowest BCUT2D eigenvalue weighted by molar-refractivity contribution is 0.0698. The average molecular weight is 411 g/mol. The molecule has 0 unspecified atom stereocenters. The quantitative estimate of drug-likeness (QED) is 0.395. The first-order valence-electron chi connectivity index (χ1n) is 8.90. The summed E-state index contributed by atoms with van der Waals surface area (Å²) < 4.78 is 10.5. The van der Waals surface area contributed by atoms with Crippen molar-refractivity contribution in [3.63, 3.8) is 0 Å². The molecule has 0 saturated carbocycles. The molecule has 0 aliphatic carbocycles. The zero-order valence-corrected chi connectivity index (χ0v) is 16.9. The molecule has 150 valence electrons. The van der Waals surface area contributed by atoms with E-state index in [-0.39, 0.29) is 5.56 Å². The van der Waals surface area contributed by atoms with Crippen molar-refractivity contribution in [3.8, 4) is 5.75 Å². The number of aryl methyl sites for hydroxylation is 1. The van der Waals surface area contributed by atoms with Gasteiger partial charge in [0, 0.05) is 23.8 Å². The fourth-order valence-electron chi connectivity index (χ4n) is 2.52. The van der Waals surface area contributed by atoms with Gasteiger partial charge in [0.2, 0.25) is 0 Å². The molecule has 0 amide bonds. The van der Waals surface area contributed by atoms with Gasteiger partial charge in [0.15, 0.2) is 5.16 Å². The van der Waals surface area contributed by atoms with Crippen LogP contribution in [0.25, 0.3) is 0 Å². The van der Waals surface area contributed by atoms with Gasteiger partial charge in [0.25, 0.3) is 0 Å². The molecule has 3 aromatic rings. The molecule has 29 heavy (non-hydrogen) atoms. The van der Waals surface area contributed by atoms with Crippen LogP contribution in [0, 0.1) is 6.92 Å². The lowest BCUT2D eigenvalue weighted by atomic mass is 10.2. The van der Waals surface area contributed by atoms with Crippen molar-refractivity contribution in [1.29, 1.82) is 0 Å². The summed E-state index contributed by atoms with van der Waals surface area (Å²) in [4.78, 5) is 21.3. The van der Waals surface area contributed by atoms with Gasteiger partial charge in [-0.05, 0) is 55.1 Å². The summed E-state index contributed by atoms with van der Waals surface area (Å²) in [7, 11) is 1.63. The van der Waals surface area contributed by atoms with E-state index in [4.69, 9.17) is 9.47 Å². The van der Waals surface area contributed by atoms with E-state index in [1.807, 2.05) is 31.2 Å². The standard InChI is InChI=1S/C21H21N3O4S/c1-14-13-19(23-18-6-4-3-5-17(18)20(25)26)24-21(22-14)29-16-9-7-15(8-10-16)28-12-11-27-2/h3-10,13H,11-12H2,1-2H3,(H,25,26)(H,22,23,24). The summed E-state index contributed by atoms with van der Waals surface area (Å²) in [6.45, 7) is 2.90. The molecule has 0 fully saturated rings. The monoisotopic (exact) mass is 411 g/mol. The molecule has 0 bridgehead atoms. The Morgan fingerprint density at radius 2 is 1.86 bits per heavy atom. The molecular formula is C21H21N3O4S. The maximum absolute atomic E-state index is 11.4. The van der Waals surface area contributed by atoms with Crippen LogP contribution in [-0.2, 0) is 4.74 Å². The Hall–Kier alpha value is -3.10. The highest BCUT2D eigenvalue weighted by atomic mass is 32.2. The van der Waals surface area contributed by atoms with E-state index >= 15 is 0 Å². The second-order valence-electron chi connectivity index (χ2n) is 6.07. The summed E-state index contributed by atoms with van der Waals surface area (Å²) in [5.74, 6) is 0.304. The van der Waals surface area contributed by atoms with Crippen molar-refractivity contribution in [2.45, 2.75) is 17.0 Å². The van der Waals surface area contributed by atoms with Gasteiger partial charge in [-0.25, -0.2) is 14.8 Å². The van der Waals surface area contributed by atoms with Crippen molar-refractivity contribution >= 4 is 29.2 Å². The van der Waals surface area contributed by atoms with Crippen LogP contribution >= 0.6 is 11.8 Å². The highest BCUT2D eigenvalue weighted by Gasteiger charge is 2.11. The Balaban J connectivity index is 1.73. The second-order valence-corrected chi connectivity index (χ2v) is 7.11. The zero-order chi connectivity index (χ0) is 20.6. The third kappa shape index (κ3) is 5.94. The van der Waals surface area contributed by atoms with E-state index in [1.54, 1.807) is 37.4 Å². The molecule has 0 saturated heterocycles. The summed E-state index contributed by atoms with van der Waals surface area (Å²) in [6, 6.07) is 16.1. The van der Waals surface area contributed by atoms with E-state index in [2.05, 4.69) is 15.3 Å². The number of hydrogen-bond acceptors (Lipinski definition) is 7. The minimum Gasteiger partial charge on any atom is -0.491 e. The number of carbonyl (C=O) groups is 1. The molecule has 7 nitrogen and oxygen atoms in total.